The van der Waals surface area contributed by atoms with Crippen LogP contribution in [0.3, 0.4) is 0 Å². The van der Waals surface area contributed by atoms with E-state index in [2.05, 4.69) is 10.5 Å². The molecule has 3 aromatic carbocycles. The van der Waals surface area contributed by atoms with Crippen molar-refractivity contribution in [3.63, 3.8) is 0 Å². The summed E-state index contributed by atoms with van der Waals surface area (Å²) in [6, 6.07) is 19.8. The first-order valence-corrected chi connectivity index (χ1v) is 11.0. The van der Waals surface area contributed by atoms with Gasteiger partial charge in [0.25, 0.3) is 21.6 Å². The Morgan fingerprint density at radius 3 is 2.33 bits per heavy atom. The third-order valence-electron chi connectivity index (χ3n) is 4.51. The molecule has 0 spiro atoms. The van der Waals surface area contributed by atoms with E-state index in [1.807, 2.05) is 0 Å². The summed E-state index contributed by atoms with van der Waals surface area (Å²) in [5.74, 6) is -0.213. The fourth-order valence-corrected chi connectivity index (χ4v) is 4.33. The number of hydrogen-bond acceptors (Lipinski definition) is 7. The first-order valence-electron chi connectivity index (χ1n) is 9.60. The molecule has 0 saturated heterocycles. The zero-order chi connectivity index (χ0) is 23.8. The van der Waals surface area contributed by atoms with E-state index < -0.39 is 27.4 Å². The van der Waals surface area contributed by atoms with E-state index >= 15 is 0 Å². The van der Waals surface area contributed by atoms with Gasteiger partial charge in [-0.05, 0) is 42.5 Å². The number of methoxy groups -OCH3 is 1. The predicted octanol–water partition coefficient (Wildman–Crippen LogP) is 2.95. The van der Waals surface area contributed by atoms with Crippen LogP contribution in [-0.4, -0.2) is 39.1 Å². The second kappa shape index (κ2) is 10.4. The number of nitrogens with zero attached hydrogens (tertiary/aromatic N) is 3. The van der Waals surface area contributed by atoms with Gasteiger partial charge in [0.2, 0.25) is 0 Å². The number of hydrogen-bond donors (Lipinski definition) is 1. The average Bonchev–Trinajstić information content (AvgIpc) is 2.83. The summed E-state index contributed by atoms with van der Waals surface area (Å²) in [5, 5.41) is 14.8. The van der Waals surface area contributed by atoms with Crippen LogP contribution in [0.4, 0.5) is 11.4 Å². The zero-order valence-corrected chi connectivity index (χ0v) is 18.3. The van der Waals surface area contributed by atoms with Crippen LogP contribution in [0.15, 0.2) is 88.9 Å². The van der Waals surface area contributed by atoms with Gasteiger partial charge in [-0.25, -0.2) is 13.8 Å². The van der Waals surface area contributed by atoms with Crippen LogP contribution in [0.5, 0.6) is 5.75 Å². The SMILES string of the molecule is COc1ccc(N(CC(=O)N/N=C/c2ccccc2[N+](=O)[O-])S(=O)(=O)c2ccccc2)cc1. The van der Waals surface area contributed by atoms with Crippen LogP contribution in [0.2, 0.25) is 0 Å². The summed E-state index contributed by atoms with van der Waals surface area (Å²) in [6.07, 6.45) is 1.12. The number of nitro groups is 1. The van der Waals surface area contributed by atoms with Crippen molar-refractivity contribution in [3.05, 3.63) is 94.5 Å². The van der Waals surface area contributed by atoms with E-state index in [4.69, 9.17) is 4.74 Å². The minimum Gasteiger partial charge on any atom is -0.497 e. The molecule has 3 rings (SSSR count). The second-order valence-electron chi connectivity index (χ2n) is 6.63. The number of anilines is 1. The van der Waals surface area contributed by atoms with Crippen molar-refractivity contribution >= 4 is 33.5 Å². The molecule has 0 fully saturated rings. The molecule has 33 heavy (non-hydrogen) atoms. The number of carbonyl (C=O) groups excluding carboxylic acids is 1. The van der Waals surface area contributed by atoms with Crippen molar-refractivity contribution in [3.8, 4) is 5.75 Å². The van der Waals surface area contributed by atoms with Crippen LogP contribution < -0.4 is 14.5 Å². The lowest BCUT2D eigenvalue weighted by Gasteiger charge is -2.23. The second-order valence-corrected chi connectivity index (χ2v) is 8.49. The quantitative estimate of drug-likeness (QED) is 0.292. The van der Waals surface area contributed by atoms with E-state index in [0.29, 0.717) is 5.75 Å². The molecule has 0 aliphatic heterocycles. The number of sulfonamides is 1. The Morgan fingerprint density at radius 2 is 1.70 bits per heavy atom. The fraction of sp³-hybridized carbons (Fsp3) is 0.0909. The van der Waals surface area contributed by atoms with E-state index in [9.17, 15) is 23.3 Å². The van der Waals surface area contributed by atoms with Crippen LogP contribution in [-0.2, 0) is 14.8 Å². The van der Waals surface area contributed by atoms with Gasteiger partial charge in [0.15, 0.2) is 0 Å². The monoisotopic (exact) mass is 468 g/mol. The third kappa shape index (κ3) is 5.71. The molecule has 0 aromatic heterocycles. The molecule has 1 amide bonds. The van der Waals surface area contributed by atoms with Gasteiger partial charge in [-0.3, -0.25) is 19.2 Å². The molecular formula is C22H20N4O6S. The van der Waals surface area contributed by atoms with Crippen LogP contribution in [0.1, 0.15) is 5.56 Å². The molecule has 0 atom stereocenters. The zero-order valence-electron chi connectivity index (χ0n) is 17.5. The van der Waals surface area contributed by atoms with E-state index in [-0.39, 0.29) is 21.8 Å². The molecule has 0 saturated carbocycles. The predicted molar refractivity (Wildman–Crippen MR) is 123 cm³/mol. The van der Waals surface area contributed by atoms with Gasteiger partial charge in [0.1, 0.15) is 12.3 Å². The lowest BCUT2D eigenvalue weighted by molar-refractivity contribution is -0.385. The minimum absolute atomic E-state index is 0.0111. The number of nitro benzene ring substituents is 1. The van der Waals surface area contributed by atoms with E-state index in [1.165, 1.54) is 49.6 Å². The number of ether oxygens (including phenoxy) is 1. The molecule has 0 radical (unpaired) electrons. The Kier molecular flexibility index (Phi) is 7.36. The highest BCUT2D eigenvalue weighted by Crippen LogP contribution is 2.25. The van der Waals surface area contributed by atoms with Gasteiger partial charge in [-0.15, -0.1) is 0 Å². The standard InChI is InChI=1S/C22H20N4O6S/c1-32-19-13-11-18(12-14-19)25(33(30,31)20-8-3-2-4-9-20)16-22(27)24-23-15-17-7-5-6-10-21(17)26(28)29/h2-15H,16H2,1H3,(H,24,27)/b23-15+. The summed E-state index contributed by atoms with van der Waals surface area (Å²) in [7, 11) is -2.59. The van der Waals surface area contributed by atoms with Gasteiger partial charge >= 0.3 is 0 Å². The first-order chi connectivity index (χ1) is 15.8. The summed E-state index contributed by atoms with van der Waals surface area (Å²) in [6.45, 7) is -0.572. The van der Waals surface area contributed by atoms with Crippen molar-refractivity contribution in [2.45, 2.75) is 4.90 Å². The highest BCUT2D eigenvalue weighted by Gasteiger charge is 2.27. The minimum atomic E-state index is -4.07. The van der Waals surface area contributed by atoms with E-state index in [1.54, 1.807) is 36.4 Å². The van der Waals surface area contributed by atoms with Crippen molar-refractivity contribution in [2.75, 3.05) is 18.0 Å². The number of nitrogens with one attached hydrogen (secondary N) is 1. The first kappa shape index (κ1) is 23.4. The largest absolute Gasteiger partial charge is 0.497 e. The number of benzene rings is 3. The molecule has 0 aliphatic rings. The molecule has 1 N–H and O–H groups in total. The molecule has 3 aromatic rings. The highest BCUT2D eigenvalue weighted by molar-refractivity contribution is 7.92. The molecular weight excluding hydrogens is 448 g/mol. The maximum Gasteiger partial charge on any atom is 0.278 e. The summed E-state index contributed by atoms with van der Waals surface area (Å²) >= 11 is 0. The Labute approximate surface area is 190 Å². The molecule has 170 valence electrons. The number of rotatable bonds is 9. The third-order valence-corrected chi connectivity index (χ3v) is 6.29. The van der Waals surface area contributed by atoms with Crippen LogP contribution in [0.25, 0.3) is 0 Å². The topological polar surface area (TPSA) is 131 Å². The van der Waals surface area contributed by atoms with Crippen LogP contribution in [0, 0.1) is 10.1 Å². The van der Waals surface area contributed by atoms with Crippen molar-refractivity contribution in [1.82, 2.24) is 5.43 Å². The highest BCUT2D eigenvalue weighted by atomic mass is 32.2. The number of amides is 1. The van der Waals surface area contributed by atoms with Gasteiger partial charge in [-0.2, -0.15) is 5.10 Å². The number of carbonyl (C=O) groups is 1. The number of hydrazone groups is 1. The molecule has 0 unspecified atom stereocenters. The normalized spacial score (nSPS) is 11.2. The Balaban J connectivity index is 1.84. The summed E-state index contributed by atoms with van der Waals surface area (Å²) < 4.78 is 32.5. The molecule has 0 aliphatic carbocycles. The van der Waals surface area contributed by atoms with Gasteiger partial charge in [0, 0.05) is 6.07 Å². The Morgan fingerprint density at radius 1 is 1.06 bits per heavy atom. The summed E-state index contributed by atoms with van der Waals surface area (Å²) in [5.41, 5.74) is 2.48. The molecule has 0 heterocycles. The lowest BCUT2D eigenvalue weighted by atomic mass is 10.2. The van der Waals surface area contributed by atoms with Crippen LogP contribution >= 0.6 is 0 Å². The molecule has 11 heteroatoms. The fourth-order valence-electron chi connectivity index (χ4n) is 2.89. The lowest BCUT2D eigenvalue weighted by Crippen LogP contribution is -2.39. The van der Waals surface area contributed by atoms with Gasteiger partial charge in [0.05, 0.1) is 34.4 Å². The Bertz CT molecular complexity index is 1260. The molecule has 10 nitrogen and oxygen atoms in total. The van der Waals surface area contributed by atoms with Gasteiger partial charge in [-0.1, -0.05) is 30.3 Å². The van der Waals surface area contributed by atoms with Crippen molar-refractivity contribution < 1.29 is 22.9 Å². The maximum atomic E-state index is 13.2. The summed E-state index contributed by atoms with van der Waals surface area (Å²) in [4.78, 5) is 23.1. The van der Waals surface area contributed by atoms with Crippen molar-refractivity contribution in [1.29, 1.82) is 0 Å². The Hall–Kier alpha value is -4.25. The average molecular weight is 468 g/mol. The molecule has 0 bridgehead atoms. The van der Waals surface area contributed by atoms with E-state index in [0.717, 1.165) is 10.5 Å². The van der Waals surface area contributed by atoms with Crippen molar-refractivity contribution in [2.24, 2.45) is 5.10 Å². The smallest absolute Gasteiger partial charge is 0.278 e. The van der Waals surface area contributed by atoms with Gasteiger partial charge < -0.3 is 4.74 Å². The maximum absolute atomic E-state index is 13.2. The number of para-hydroxylation sites is 1.